The predicted octanol–water partition coefficient (Wildman–Crippen LogP) is 2.14. The lowest BCUT2D eigenvalue weighted by molar-refractivity contribution is 0.157. The Morgan fingerprint density at radius 1 is 1.47 bits per heavy atom. The summed E-state index contributed by atoms with van der Waals surface area (Å²) in [6, 6.07) is 7.08. The third kappa shape index (κ3) is 4.02. The predicted molar refractivity (Wildman–Crippen MR) is 70.2 cm³/mol. The van der Waals surface area contributed by atoms with Crippen LogP contribution in [0.1, 0.15) is 0 Å². The summed E-state index contributed by atoms with van der Waals surface area (Å²) < 4.78 is 11.9. The molecule has 0 spiro atoms. The maximum absolute atomic E-state index is 11.5. The third-order valence-corrected chi connectivity index (χ3v) is 2.46. The molecule has 1 aromatic carbocycles. The number of carbonyl (C=O) groups excluding carboxylic acids is 1. The van der Waals surface area contributed by atoms with Crippen molar-refractivity contribution in [2.45, 2.75) is 6.54 Å². The van der Waals surface area contributed by atoms with Crippen molar-refractivity contribution in [1.82, 2.24) is 9.55 Å². The lowest BCUT2D eigenvalue weighted by atomic mass is 10.3. The van der Waals surface area contributed by atoms with Crippen molar-refractivity contribution < 1.29 is 14.3 Å². The van der Waals surface area contributed by atoms with Gasteiger partial charge in [-0.15, -0.1) is 0 Å². The molecule has 0 saturated carbocycles. The standard InChI is InChI=1S/C13H15N3O3/c1-18-12-4-2-3-11(9-12)15-13(17)19-8-7-16-6-5-14-10-16/h2-6,9-10H,7-8H2,1H3,(H,15,17). The van der Waals surface area contributed by atoms with Crippen LogP contribution in [-0.2, 0) is 11.3 Å². The molecule has 2 rings (SSSR count). The zero-order chi connectivity index (χ0) is 13.5. The second kappa shape index (κ2) is 6.44. The first-order valence-electron chi connectivity index (χ1n) is 5.81. The summed E-state index contributed by atoms with van der Waals surface area (Å²) in [6.45, 7) is 0.859. The molecule has 0 radical (unpaired) electrons. The van der Waals surface area contributed by atoms with Gasteiger partial charge in [-0.3, -0.25) is 5.32 Å². The SMILES string of the molecule is COc1cccc(NC(=O)OCCn2ccnc2)c1. The number of nitrogens with one attached hydrogen (secondary N) is 1. The van der Waals surface area contributed by atoms with Crippen LogP contribution in [0, 0.1) is 0 Å². The van der Waals surface area contributed by atoms with Crippen LogP contribution in [0.3, 0.4) is 0 Å². The average molecular weight is 261 g/mol. The van der Waals surface area contributed by atoms with Crippen LogP contribution in [0.5, 0.6) is 5.75 Å². The number of nitrogens with zero attached hydrogens (tertiary/aromatic N) is 2. The van der Waals surface area contributed by atoms with Gasteiger partial charge in [-0.05, 0) is 12.1 Å². The molecular formula is C13H15N3O3. The van der Waals surface area contributed by atoms with E-state index in [1.165, 1.54) is 0 Å². The Morgan fingerprint density at radius 2 is 2.37 bits per heavy atom. The minimum atomic E-state index is -0.492. The molecule has 6 heteroatoms. The number of rotatable bonds is 5. The summed E-state index contributed by atoms with van der Waals surface area (Å²) >= 11 is 0. The molecule has 0 unspecified atom stereocenters. The zero-order valence-corrected chi connectivity index (χ0v) is 10.6. The van der Waals surface area contributed by atoms with Gasteiger partial charge in [0.25, 0.3) is 0 Å². The number of hydrogen-bond acceptors (Lipinski definition) is 4. The smallest absolute Gasteiger partial charge is 0.411 e. The van der Waals surface area contributed by atoms with E-state index in [0.717, 1.165) is 0 Å². The van der Waals surface area contributed by atoms with Crippen LogP contribution in [0.2, 0.25) is 0 Å². The van der Waals surface area contributed by atoms with Gasteiger partial charge in [0.1, 0.15) is 12.4 Å². The molecule has 0 bridgehead atoms. The Labute approximate surface area is 111 Å². The van der Waals surface area contributed by atoms with Crippen LogP contribution in [0.15, 0.2) is 43.0 Å². The van der Waals surface area contributed by atoms with Gasteiger partial charge in [0.2, 0.25) is 0 Å². The van der Waals surface area contributed by atoms with Crippen molar-refractivity contribution in [1.29, 1.82) is 0 Å². The van der Waals surface area contributed by atoms with Gasteiger partial charge in [0.15, 0.2) is 0 Å². The van der Waals surface area contributed by atoms with Gasteiger partial charge in [-0.1, -0.05) is 6.07 Å². The van der Waals surface area contributed by atoms with E-state index in [1.807, 2.05) is 10.8 Å². The van der Waals surface area contributed by atoms with E-state index in [9.17, 15) is 4.79 Å². The molecule has 1 aromatic heterocycles. The minimum Gasteiger partial charge on any atom is -0.497 e. The Morgan fingerprint density at radius 3 is 3.11 bits per heavy atom. The van der Waals surface area contributed by atoms with E-state index in [0.29, 0.717) is 18.0 Å². The normalized spacial score (nSPS) is 9.95. The fourth-order valence-corrected chi connectivity index (χ4v) is 1.52. The summed E-state index contributed by atoms with van der Waals surface area (Å²) in [5, 5.41) is 2.63. The summed E-state index contributed by atoms with van der Waals surface area (Å²) in [4.78, 5) is 15.4. The fourth-order valence-electron chi connectivity index (χ4n) is 1.52. The van der Waals surface area contributed by atoms with Crippen LogP contribution in [0.25, 0.3) is 0 Å². The maximum atomic E-state index is 11.5. The highest BCUT2D eigenvalue weighted by Crippen LogP contribution is 2.16. The van der Waals surface area contributed by atoms with E-state index >= 15 is 0 Å². The Hall–Kier alpha value is -2.50. The molecule has 0 aliphatic heterocycles. The number of aromatic nitrogens is 2. The van der Waals surface area contributed by atoms with Crippen molar-refractivity contribution in [3.8, 4) is 5.75 Å². The molecule has 1 N–H and O–H groups in total. The van der Waals surface area contributed by atoms with Crippen LogP contribution < -0.4 is 10.1 Å². The number of imidazole rings is 1. The van der Waals surface area contributed by atoms with Crippen molar-refractivity contribution in [3.63, 3.8) is 0 Å². The Kier molecular flexibility index (Phi) is 4.39. The van der Waals surface area contributed by atoms with Crippen LogP contribution in [-0.4, -0.2) is 29.4 Å². The molecule has 0 aliphatic carbocycles. The number of hydrogen-bond donors (Lipinski definition) is 1. The third-order valence-electron chi connectivity index (χ3n) is 2.46. The van der Waals surface area contributed by atoms with E-state index < -0.39 is 6.09 Å². The molecular weight excluding hydrogens is 246 g/mol. The van der Waals surface area contributed by atoms with Gasteiger partial charge in [-0.2, -0.15) is 0 Å². The molecule has 1 heterocycles. The lowest BCUT2D eigenvalue weighted by Crippen LogP contribution is -2.16. The van der Waals surface area contributed by atoms with Crippen molar-refractivity contribution in [2.24, 2.45) is 0 Å². The molecule has 0 fully saturated rings. The maximum Gasteiger partial charge on any atom is 0.411 e. The quantitative estimate of drug-likeness (QED) is 0.895. The summed E-state index contributed by atoms with van der Waals surface area (Å²) in [5.74, 6) is 0.677. The van der Waals surface area contributed by atoms with E-state index in [2.05, 4.69) is 10.3 Å². The van der Waals surface area contributed by atoms with Gasteiger partial charge in [0, 0.05) is 24.1 Å². The van der Waals surface area contributed by atoms with Gasteiger partial charge in [-0.25, -0.2) is 9.78 Å². The van der Waals surface area contributed by atoms with E-state index in [1.54, 1.807) is 43.9 Å². The van der Waals surface area contributed by atoms with Crippen molar-refractivity contribution in [3.05, 3.63) is 43.0 Å². The van der Waals surface area contributed by atoms with Crippen LogP contribution in [0.4, 0.5) is 10.5 Å². The number of carbonyl (C=O) groups is 1. The van der Waals surface area contributed by atoms with E-state index in [4.69, 9.17) is 9.47 Å². The molecule has 0 aliphatic rings. The van der Waals surface area contributed by atoms with Crippen LogP contribution >= 0.6 is 0 Å². The molecule has 0 atom stereocenters. The molecule has 6 nitrogen and oxygen atoms in total. The second-order valence-electron chi connectivity index (χ2n) is 3.79. The Bertz CT molecular complexity index is 526. The largest absolute Gasteiger partial charge is 0.497 e. The number of amides is 1. The van der Waals surface area contributed by atoms with Gasteiger partial charge < -0.3 is 14.0 Å². The molecule has 100 valence electrons. The van der Waals surface area contributed by atoms with Crippen molar-refractivity contribution >= 4 is 11.8 Å². The highest BCUT2D eigenvalue weighted by molar-refractivity contribution is 5.84. The molecule has 1 amide bonds. The molecule has 0 saturated heterocycles. The zero-order valence-electron chi connectivity index (χ0n) is 10.6. The number of ether oxygens (including phenoxy) is 2. The fraction of sp³-hybridized carbons (Fsp3) is 0.231. The van der Waals surface area contributed by atoms with Gasteiger partial charge >= 0.3 is 6.09 Å². The summed E-state index contributed by atoms with van der Waals surface area (Å²) in [7, 11) is 1.57. The molecule has 19 heavy (non-hydrogen) atoms. The Balaban J connectivity index is 1.77. The van der Waals surface area contributed by atoms with E-state index in [-0.39, 0.29) is 6.61 Å². The first kappa shape index (κ1) is 12.9. The average Bonchev–Trinajstić information content (AvgIpc) is 2.92. The first-order valence-corrected chi connectivity index (χ1v) is 5.81. The van der Waals surface area contributed by atoms with Gasteiger partial charge in [0.05, 0.1) is 20.0 Å². The number of benzene rings is 1. The first-order chi connectivity index (χ1) is 9.28. The topological polar surface area (TPSA) is 65.4 Å². The number of anilines is 1. The monoisotopic (exact) mass is 261 g/mol. The molecule has 2 aromatic rings. The summed E-state index contributed by atoms with van der Waals surface area (Å²) in [5.41, 5.74) is 0.631. The second-order valence-corrected chi connectivity index (χ2v) is 3.79. The van der Waals surface area contributed by atoms with Crippen molar-refractivity contribution in [2.75, 3.05) is 19.0 Å². The lowest BCUT2D eigenvalue weighted by Gasteiger charge is -2.08. The number of methoxy groups -OCH3 is 1. The minimum absolute atomic E-state index is 0.284. The highest BCUT2D eigenvalue weighted by atomic mass is 16.5. The highest BCUT2D eigenvalue weighted by Gasteiger charge is 2.03. The summed E-state index contributed by atoms with van der Waals surface area (Å²) in [6.07, 6.45) is 4.66.